The van der Waals surface area contributed by atoms with E-state index in [1.807, 2.05) is 24.3 Å². The van der Waals surface area contributed by atoms with Gasteiger partial charge in [-0.15, -0.1) is 0 Å². The van der Waals surface area contributed by atoms with Crippen molar-refractivity contribution < 1.29 is 13.6 Å². The third kappa shape index (κ3) is 3.96. The maximum Gasteiger partial charge on any atom is 0.257 e. The molecular formula is C21H19ClF2N4O. The Kier molecular flexibility index (Phi) is 5.24. The molecule has 0 N–H and O–H groups in total. The zero-order chi connectivity index (χ0) is 20.5. The van der Waals surface area contributed by atoms with Crippen molar-refractivity contribution in [3.63, 3.8) is 0 Å². The summed E-state index contributed by atoms with van der Waals surface area (Å²) in [5.41, 5.74) is 1.68. The van der Waals surface area contributed by atoms with Gasteiger partial charge in [0.25, 0.3) is 5.91 Å². The van der Waals surface area contributed by atoms with Crippen LogP contribution in [-0.4, -0.2) is 46.8 Å². The zero-order valence-corrected chi connectivity index (χ0v) is 16.5. The summed E-state index contributed by atoms with van der Waals surface area (Å²) in [4.78, 5) is 17.0. The number of hydrogen-bond donors (Lipinski definition) is 0. The van der Waals surface area contributed by atoms with Crippen molar-refractivity contribution in [3.8, 4) is 11.3 Å². The number of piperazine rings is 1. The van der Waals surface area contributed by atoms with Gasteiger partial charge in [0, 0.05) is 61.8 Å². The Morgan fingerprint density at radius 3 is 2.38 bits per heavy atom. The van der Waals surface area contributed by atoms with Gasteiger partial charge in [0.15, 0.2) is 0 Å². The quantitative estimate of drug-likeness (QED) is 0.648. The number of rotatable bonds is 3. The average Bonchev–Trinajstić information content (AvgIpc) is 3.09. The van der Waals surface area contributed by atoms with Gasteiger partial charge in [0.1, 0.15) is 17.3 Å². The molecule has 1 saturated heterocycles. The van der Waals surface area contributed by atoms with Gasteiger partial charge in [0.2, 0.25) is 0 Å². The molecule has 8 heteroatoms. The second-order valence-electron chi connectivity index (χ2n) is 6.94. The van der Waals surface area contributed by atoms with E-state index in [0.717, 1.165) is 17.8 Å². The summed E-state index contributed by atoms with van der Waals surface area (Å²) in [5, 5.41) is 4.92. The number of carbonyl (C=O) groups is 1. The summed E-state index contributed by atoms with van der Waals surface area (Å²) < 4.78 is 29.0. The number of anilines is 1. The summed E-state index contributed by atoms with van der Waals surface area (Å²) in [6.45, 7) is 2.41. The third-order valence-electron chi connectivity index (χ3n) is 5.00. The molecule has 1 aliphatic heterocycles. The Morgan fingerprint density at radius 2 is 1.72 bits per heavy atom. The van der Waals surface area contributed by atoms with Crippen LogP contribution in [0, 0.1) is 11.6 Å². The normalized spacial score (nSPS) is 14.3. The van der Waals surface area contributed by atoms with Crippen LogP contribution in [0.3, 0.4) is 0 Å². The lowest BCUT2D eigenvalue weighted by Crippen LogP contribution is -2.48. The van der Waals surface area contributed by atoms with Crippen molar-refractivity contribution in [2.75, 3.05) is 31.1 Å². The maximum atomic E-state index is 14.3. The molecule has 2 aromatic carbocycles. The molecule has 5 nitrogen and oxygen atoms in total. The van der Waals surface area contributed by atoms with Crippen LogP contribution in [-0.2, 0) is 7.05 Å². The maximum absolute atomic E-state index is 14.3. The van der Waals surface area contributed by atoms with Crippen LogP contribution >= 0.6 is 11.6 Å². The number of benzene rings is 2. The number of nitrogens with zero attached hydrogens (tertiary/aromatic N) is 4. The minimum absolute atomic E-state index is 0.107. The standard InChI is InChI=1S/C21H19ClF2N4O/c1-26-13-18(20(25-26)17-7-4-15(23)12-19(17)24)21(29)28-10-8-27(9-11-28)16-5-2-14(22)3-6-16/h2-7,12-13H,8-11H2,1H3. The molecule has 150 valence electrons. The Hall–Kier alpha value is -2.93. The van der Waals surface area contributed by atoms with Crippen LogP contribution < -0.4 is 4.90 Å². The van der Waals surface area contributed by atoms with Gasteiger partial charge in [-0.25, -0.2) is 8.78 Å². The van der Waals surface area contributed by atoms with Crippen LogP contribution in [0.5, 0.6) is 0 Å². The monoisotopic (exact) mass is 416 g/mol. The van der Waals surface area contributed by atoms with E-state index in [1.165, 1.54) is 10.7 Å². The van der Waals surface area contributed by atoms with Gasteiger partial charge in [0.05, 0.1) is 5.56 Å². The molecule has 1 amide bonds. The van der Waals surface area contributed by atoms with Crippen molar-refractivity contribution in [3.05, 3.63) is 70.9 Å². The van der Waals surface area contributed by atoms with E-state index in [2.05, 4.69) is 10.00 Å². The number of halogens is 3. The van der Waals surface area contributed by atoms with E-state index in [4.69, 9.17) is 11.6 Å². The van der Waals surface area contributed by atoms with Crippen LogP contribution in [0.25, 0.3) is 11.3 Å². The van der Waals surface area contributed by atoms with Crippen LogP contribution in [0.2, 0.25) is 5.02 Å². The molecule has 0 saturated carbocycles. The van der Waals surface area contributed by atoms with E-state index in [9.17, 15) is 13.6 Å². The molecule has 29 heavy (non-hydrogen) atoms. The highest BCUT2D eigenvalue weighted by molar-refractivity contribution is 6.30. The molecule has 0 atom stereocenters. The number of amides is 1. The summed E-state index contributed by atoms with van der Waals surface area (Å²) in [6.07, 6.45) is 1.58. The first-order valence-electron chi connectivity index (χ1n) is 9.21. The minimum atomic E-state index is -0.745. The van der Waals surface area contributed by atoms with E-state index in [-0.39, 0.29) is 17.2 Å². The van der Waals surface area contributed by atoms with E-state index < -0.39 is 11.6 Å². The first-order valence-corrected chi connectivity index (χ1v) is 9.59. The summed E-state index contributed by atoms with van der Waals surface area (Å²) in [5.74, 6) is -1.63. The zero-order valence-electron chi connectivity index (χ0n) is 15.8. The van der Waals surface area contributed by atoms with Gasteiger partial charge in [-0.05, 0) is 36.4 Å². The smallest absolute Gasteiger partial charge is 0.257 e. The van der Waals surface area contributed by atoms with E-state index >= 15 is 0 Å². The Morgan fingerprint density at radius 1 is 1.03 bits per heavy atom. The van der Waals surface area contributed by atoms with Gasteiger partial charge < -0.3 is 9.80 Å². The molecule has 0 bridgehead atoms. The molecule has 1 aromatic heterocycles. The van der Waals surface area contributed by atoms with Crippen LogP contribution in [0.15, 0.2) is 48.7 Å². The van der Waals surface area contributed by atoms with Crippen LogP contribution in [0.1, 0.15) is 10.4 Å². The van der Waals surface area contributed by atoms with Crippen molar-refractivity contribution in [1.29, 1.82) is 0 Å². The summed E-state index contributed by atoms with van der Waals surface area (Å²) >= 11 is 5.94. The SMILES string of the molecule is Cn1cc(C(=O)N2CCN(c3ccc(Cl)cc3)CC2)c(-c2ccc(F)cc2F)n1. The molecule has 1 fully saturated rings. The summed E-state index contributed by atoms with van der Waals surface area (Å²) in [6, 6.07) is 10.9. The minimum Gasteiger partial charge on any atom is -0.368 e. The first-order chi connectivity index (χ1) is 13.9. The van der Waals surface area contributed by atoms with Crippen molar-refractivity contribution in [1.82, 2.24) is 14.7 Å². The van der Waals surface area contributed by atoms with Crippen molar-refractivity contribution >= 4 is 23.2 Å². The fraction of sp³-hybridized carbons (Fsp3) is 0.238. The highest BCUT2D eigenvalue weighted by Crippen LogP contribution is 2.27. The summed E-state index contributed by atoms with van der Waals surface area (Å²) in [7, 11) is 1.67. The molecule has 3 aromatic rings. The fourth-order valence-corrected chi connectivity index (χ4v) is 3.64. The first kappa shape index (κ1) is 19.4. The lowest BCUT2D eigenvalue weighted by Gasteiger charge is -2.36. The third-order valence-corrected chi connectivity index (χ3v) is 5.26. The van der Waals surface area contributed by atoms with Gasteiger partial charge >= 0.3 is 0 Å². The Labute approximate surface area is 172 Å². The van der Waals surface area contributed by atoms with Crippen molar-refractivity contribution in [2.24, 2.45) is 7.05 Å². The molecular weight excluding hydrogens is 398 g/mol. The number of aryl methyl sites for hydroxylation is 1. The molecule has 0 spiro atoms. The molecule has 0 radical (unpaired) electrons. The number of hydrogen-bond acceptors (Lipinski definition) is 3. The lowest BCUT2D eigenvalue weighted by atomic mass is 10.1. The number of carbonyl (C=O) groups excluding carboxylic acids is 1. The molecule has 1 aliphatic rings. The highest BCUT2D eigenvalue weighted by Gasteiger charge is 2.27. The van der Waals surface area contributed by atoms with Gasteiger partial charge in [-0.2, -0.15) is 5.10 Å². The fourth-order valence-electron chi connectivity index (χ4n) is 3.52. The second-order valence-corrected chi connectivity index (χ2v) is 7.38. The average molecular weight is 417 g/mol. The predicted molar refractivity (Wildman–Crippen MR) is 108 cm³/mol. The van der Waals surface area contributed by atoms with E-state index in [1.54, 1.807) is 18.1 Å². The van der Waals surface area contributed by atoms with Crippen molar-refractivity contribution in [2.45, 2.75) is 0 Å². The molecule has 0 unspecified atom stereocenters. The topological polar surface area (TPSA) is 41.4 Å². The highest BCUT2D eigenvalue weighted by atomic mass is 35.5. The largest absolute Gasteiger partial charge is 0.368 e. The van der Waals surface area contributed by atoms with Crippen LogP contribution in [0.4, 0.5) is 14.5 Å². The van der Waals surface area contributed by atoms with Gasteiger partial charge in [-0.3, -0.25) is 9.48 Å². The molecule has 4 rings (SSSR count). The van der Waals surface area contributed by atoms with E-state index in [0.29, 0.717) is 36.8 Å². The molecule has 2 heterocycles. The van der Waals surface area contributed by atoms with Gasteiger partial charge in [-0.1, -0.05) is 11.6 Å². The lowest BCUT2D eigenvalue weighted by molar-refractivity contribution is 0.0747. The Balaban J connectivity index is 1.53. The predicted octanol–water partition coefficient (Wildman–Crippen LogP) is 3.98. The number of aromatic nitrogens is 2. The Bertz CT molecular complexity index is 1040. The molecule has 0 aliphatic carbocycles. The second kappa shape index (κ2) is 7.83.